The lowest BCUT2D eigenvalue weighted by atomic mass is 9.96. The highest BCUT2D eigenvalue weighted by Gasteiger charge is 2.07. The fourth-order valence-corrected chi connectivity index (χ4v) is 1.05. The molecule has 1 atom stereocenters. The highest BCUT2D eigenvalue weighted by atomic mass is 14.8. The van der Waals surface area contributed by atoms with Crippen LogP contribution >= 0.6 is 0 Å². The largest absolute Gasteiger partial charge is 0.388 e. The van der Waals surface area contributed by atoms with Gasteiger partial charge in [-0.15, -0.1) is 0 Å². The number of hydrogen-bond acceptors (Lipinski definition) is 1. The molecule has 0 aromatic rings. The average molecular weight is 165 g/mol. The first-order valence-corrected chi connectivity index (χ1v) is 4.37. The summed E-state index contributed by atoms with van der Waals surface area (Å²) >= 11 is 0. The van der Waals surface area contributed by atoms with Crippen molar-refractivity contribution >= 4 is 0 Å². The van der Waals surface area contributed by atoms with Gasteiger partial charge in [0, 0.05) is 12.7 Å². The van der Waals surface area contributed by atoms with E-state index in [2.05, 4.69) is 32.3 Å². The smallest absolute Gasteiger partial charge is 0.0299 e. The lowest BCUT2D eigenvalue weighted by molar-refractivity contribution is 0.652. The molecule has 0 saturated heterocycles. The van der Waals surface area contributed by atoms with Gasteiger partial charge in [0.15, 0.2) is 0 Å². The summed E-state index contributed by atoms with van der Waals surface area (Å²) in [5.74, 6) is 0.544. The fourth-order valence-electron chi connectivity index (χ4n) is 1.05. The van der Waals surface area contributed by atoms with Crippen molar-refractivity contribution in [3.05, 3.63) is 36.6 Å². The minimum Gasteiger partial charge on any atom is -0.388 e. The molecule has 0 radical (unpaired) electrons. The molecule has 1 N–H and O–H groups in total. The molecule has 12 heavy (non-hydrogen) atoms. The van der Waals surface area contributed by atoms with Crippen LogP contribution in [-0.4, -0.2) is 7.05 Å². The molecule has 0 saturated carbocycles. The second-order valence-corrected chi connectivity index (χ2v) is 2.90. The minimum absolute atomic E-state index is 0.544. The highest BCUT2D eigenvalue weighted by molar-refractivity contribution is 5.31. The van der Waals surface area contributed by atoms with Crippen LogP contribution in [0.4, 0.5) is 0 Å². The Kier molecular flexibility index (Phi) is 5.18. The summed E-state index contributed by atoms with van der Waals surface area (Å²) in [4.78, 5) is 0. The molecule has 0 spiro atoms. The molecule has 0 fully saturated rings. The second kappa shape index (κ2) is 5.64. The Morgan fingerprint density at radius 3 is 2.50 bits per heavy atom. The summed E-state index contributed by atoms with van der Waals surface area (Å²) < 4.78 is 0. The van der Waals surface area contributed by atoms with Crippen molar-refractivity contribution in [2.45, 2.75) is 20.3 Å². The van der Waals surface area contributed by atoms with E-state index >= 15 is 0 Å². The Labute approximate surface area is 75.9 Å². The maximum absolute atomic E-state index is 3.93. The van der Waals surface area contributed by atoms with Crippen molar-refractivity contribution in [2.75, 3.05) is 7.05 Å². The van der Waals surface area contributed by atoms with Crippen molar-refractivity contribution in [3.8, 4) is 0 Å². The van der Waals surface area contributed by atoms with E-state index in [4.69, 9.17) is 0 Å². The summed E-state index contributed by atoms with van der Waals surface area (Å²) in [5, 5.41) is 3.05. The normalized spacial score (nSPS) is 13.8. The van der Waals surface area contributed by atoms with E-state index in [9.17, 15) is 0 Å². The molecule has 0 aliphatic carbocycles. The number of nitrogens with one attached hydrogen (secondary N) is 1. The molecular weight excluding hydrogens is 146 g/mol. The molecule has 0 aromatic heterocycles. The molecule has 68 valence electrons. The average Bonchev–Trinajstić information content (AvgIpc) is 2.11. The van der Waals surface area contributed by atoms with E-state index in [-0.39, 0.29) is 0 Å². The van der Waals surface area contributed by atoms with Gasteiger partial charge in [0.2, 0.25) is 0 Å². The van der Waals surface area contributed by atoms with Crippen LogP contribution in [0.25, 0.3) is 0 Å². The van der Waals surface area contributed by atoms with Crippen LogP contribution < -0.4 is 5.32 Å². The van der Waals surface area contributed by atoms with Crippen molar-refractivity contribution in [2.24, 2.45) is 5.92 Å². The molecule has 1 heteroatoms. The van der Waals surface area contributed by atoms with E-state index in [1.165, 1.54) is 5.57 Å². The third kappa shape index (κ3) is 2.95. The summed E-state index contributed by atoms with van der Waals surface area (Å²) in [5.41, 5.74) is 2.24. The molecule has 0 heterocycles. The van der Waals surface area contributed by atoms with Gasteiger partial charge in [0.1, 0.15) is 0 Å². The second-order valence-electron chi connectivity index (χ2n) is 2.90. The van der Waals surface area contributed by atoms with Crippen LogP contribution in [0.5, 0.6) is 0 Å². The van der Waals surface area contributed by atoms with Crippen molar-refractivity contribution in [3.63, 3.8) is 0 Å². The first-order chi connectivity index (χ1) is 5.67. The van der Waals surface area contributed by atoms with E-state index in [1.54, 1.807) is 0 Å². The van der Waals surface area contributed by atoms with Crippen LogP contribution in [0.2, 0.25) is 0 Å². The quantitative estimate of drug-likeness (QED) is 0.618. The standard InChI is InChI=1S/C11H19N/c1-6-8-11(9(3)7-2)10(4)12-5/h6,8-9,12H,1,4,7H2,2-3,5H3/b11-8-. The molecule has 1 nitrogen and oxygen atoms in total. The SMILES string of the molecule is C=C/C=C(\C(=C)NC)C(C)CC. The number of likely N-dealkylation sites (N-methyl/N-ethyl adjacent to an activating group) is 1. The molecule has 0 aromatic carbocycles. The summed E-state index contributed by atoms with van der Waals surface area (Å²) in [6.45, 7) is 12.0. The predicted molar refractivity (Wildman–Crippen MR) is 55.9 cm³/mol. The molecule has 0 aliphatic heterocycles. The molecule has 0 aliphatic rings. The Morgan fingerprint density at radius 2 is 2.17 bits per heavy atom. The fraction of sp³-hybridized carbons (Fsp3) is 0.455. The van der Waals surface area contributed by atoms with Crippen LogP contribution in [0.15, 0.2) is 36.6 Å². The first kappa shape index (κ1) is 11.0. The molecular formula is C11H19N. The third-order valence-electron chi connectivity index (χ3n) is 2.09. The van der Waals surface area contributed by atoms with Gasteiger partial charge in [-0.1, -0.05) is 39.2 Å². The third-order valence-corrected chi connectivity index (χ3v) is 2.09. The number of hydrogen-bond donors (Lipinski definition) is 1. The van der Waals surface area contributed by atoms with E-state index in [0.717, 1.165) is 12.1 Å². The van der Waals surface area contributed by atoms with Crippen molar-refractivity contribution in [1.82, 2.24) is 5.32 Å². The van der Waals surface area contributed by atoms with Gasteiger partial charge < -0.3 is 5.32 Å². The van der Waals surface area contributed by atoms with E-state index < -0.39 is 0 Å². The van der Waals surface area contributed by atoms with Gasteiger partial charge in [-0.25, -0.2) is 0 Å². The monoisotopic (exact) mass is 165 g/mol. The lowest BCUT2D eigenvalue weighted by Crippen LogP contribution is -2.11. The van der Waals surface area contributed by atoms with Crippen LogP contribution in [0, 0.1) is 5.92 Å². The van der Waals surface area contributed by atoms with Gasteiger partial charge in [0.05, 0.1) is 0 Å². The molecule has 0 rings (SSSR count). The first-order valence-electron chi connectivity index (χ1n) is 4.37. The van der Waals surface area contributed by atoms with E-state index in [0.29, 0.717) is 5.92 Å². The zero-order valence-corrected chi connectivity index (χ0v) is 8.35. The number of allylic oxidation sites excluding steroid dienone is 3. The minimum atomic E-state index is 0.544. The van der Waals surface area contributed by atoms with Crippen LogP contribution in [0.1, 0.15) is 20.3 Å². The predicted octanol–water partition coefficient (Wildman–Crippen LogP) is 2.88. The zero-order valence-electron chi connectivity index (χ0n) is 8.35. The Morgan fingerprint density at radius 1 is 1.58 bits per heavy atom. The van der Waals surface area contributed by atoms with Crippen molar-refractivity contribution < 1.29 is 0 Å². The Balaban J connectivity index is 4.54. The lowest BCUT2D eigenvalue weighted by Gasteiger charge is -2.15. The topological polar surface area (TPSA) is 12.0 Å². The van der Waals surface area contributed by atoms with Gasteiger partial charge in [-0.3, -0.25) is 0 Å². The van der Waals surface area contributed by atoms with Gasteiger partial charge in [-0.2, -0.15) is 0 Å². The maximum atomic E-state index is 3.93. The Bertz CT molecular complexity index is 189. The van der Waals surface area contributed by atoms with Crippen molar-refractivity contribution in [1.29, 1.82) is 0 Å². The summed E-state index contributed by atoms with van der Waals surface area (Å²) in [6.07, 6.45) is 4.96. The number of rotatable bonds is 5. The molecule has 0 amide bonds. The Hall–Kier alpha value is -0.980. The van der Waals surface area contributed by atoms with Crippen LogP contribution in [-0.2, 0) is 0 Å². The van der Waals surface area contributed by atoms with E-state index in [1.807, 2.05) is 19.2 Å². The maximum Gasteiger partial charge on any atom is 0.0299 e. The highest BCUT2D eigenvalue weighted by Crippen LogP contribution is 2.19. The van der Waals surface area contributed by atoms with Gasteiger partial charge in [-0.05, 0) is 17.9 Å². The summed E-state index contributed by atoms with van der Waals surface area (Å²) in [7, 11) is 1.89. The molecule has 1 unspecified atom stereocenters. The zero-order chi connectivity index (χ0) is 9.56. The van der Waals surface area contributed by atoms with Gasteiger partial charge >= 0.3 is 0 Å². The van der Waals surface area contributed by atoms with Crippen LogP contribution in [0.3, 0.4) is 0 Å². The van der Waals surface area contributed by atoms with Gasteiger partial charge in [0.25, 0.3) is 0 Å². The summed E-state index contributed by atoms with van der Waals surface area (Å²) in [6, 6.07) is 0. The molecule has 0 bridgehead atoms.